The third kappa shape index (κ3) is 4.33. The average molecular weight is 666 g/mol. The largest absolute Gasteiger partial charge is 0.208 e. The highest BCUT2D eigenvalue weighted by Crippen LogP contribution is 2.56. The van der Waals surface area contributed by atoms with Crippen LogP contribution < -0.4 is 0 Å². The van der Waals surface area contributed by atoms with E-state index >= 15 is 0 Å². The lowest BCUT2D eigenvalue weighted by Gasteiger charge is -2.17. The van der Waals surface area contributed by atoms with Crippen LogP contribution in [0.3, 0.4) is 0 Å². The van der Waals surface area contributed by atoms with Gasteiger partial charge in [-0.15, -0.1) is 11.3 Å². The molecule has 51 heavy (non-hydrogen) atoms. The fraction of sp³-hybridized carbons (Fsp3) is 0. The highest BCUT2D eigenvalue weighted by atomic mass is 32.1. The molecule has 3 nitrogen and oxygen atoms in total. The maximum atomic E-state index is 5.16. The number of hydrogen-bond acceptors (Lipinski definition) is 4. The Morgan fingerprint density at radius 1 is 0.333 bits per heavy atom. The minimum Gasteiger partial charge on any atom is -0.208 e. The van der Waals surface area contributed by atoms with Crippen LogP contribution in [0, 0.1) is 0 Å². The fourth-order valence-electron chi connectivity index (χ4n) is 8.01. The third-order valence-electron chi connectivity index (χ3n) is 10.2. The van der Waals surface area contributed by atoms with E-state index in [-0.39, 0.29) is 0 Å². The standard InChI is InChI=1S/C47H27N3S/c1-3-13-29(14-4-1)45-48-46(30-15-5-2-6-16-30)50-47(49-45)32-25-31-17-7-8-20-33(31)37(26-32)44-42-36-23-12-19-28-18-11-22-34(41(28)36)38(42)27-40-43(44)35-21-9-10-24-39(35)51-40/h1-27H. The van der Waals surface area contributed by atoms with Gasteiger partial charge in [-0.3, -0.25) is 0 Å². The first-order valence-electron chi connectivity index (χ1n) is 17.2. The van der Waals surface area contributed by atoms with Gasteiger partial charge in [-0.25, -0.2) is 15.0 Å². The molecule has 0 bridgehead atoms. The summed E-state index contributed by atoms with van der Waals surface area (Å²) in [5.41, 5.74) is 10.5. The first kappa shape index (κ1) is 28.4. The van der Waals surface area contributed by atoms with Crippen molar-refractivity contribution in [1.82, 2.24) is 15.0 Å². The molecule has 4 heteroatoms. The minimum absolute atomic E-state index is 0.652. The summed E-state index contributed by atoms with van der Waals surface area (Å²) in [6.07, 6.45) is 0. The Kier molecular flexibility index (Phi) is 6.12. The van der Waals surface area contributed by atoms with Crippen LogP contribution in [-0.2, 0) is 0 Å². The molecule has 2 aromatic heterocycles. The Hall–Kier alpha value is -6.49. The van der Waals surface area contributed by atoms with E-state index in [2.05, 4.69) is 127 Å². The van der Waals surface area contributed by atoms with E-state index in [1.807, 2.05) is 47.7 Å². The Labute approximate surface area is 298 Å². The molecule has 0 saturated carbocycles. The van der Waals surface area contributed by atoms with Gasteiger partial charge in [-0.05, 0) is 73.6 Å². The molecular weight excluding hydrogens is 639 g/mol. The zero-order chi connectivity index (χ0) is 33.5. The maximum Gasteiger partial charge on any atom is 0.164 e. The highest BCUT2D eigenvalue weighted by molar-refractivity contribution is 7.26. The SMILES string of the molecule is c1ccc(-c2nc(-c3ccccc3)nc(-c3cc(-c4c5c(cc6sc7ccccc7c46)-c4cccc6cccc-5c46)c4ccccc4c3)n2)cc1. The van der Waals surface area contributed by atoms with E-state index in [9.17, 15) is 0 Å². The monoisotopic (exact) mass is 665 g/mol. The molecule has 0 N–H and O–H groups in total. The summed E-state index contributed by atoms with van der Waals surface area (Å²) in [5, 5.41) is 7.53. The lowest BCUT2D eigenvalue weighted by atomic mass is 9.86. The molecule has 236 valence electrons. The second kappa shape index (κ2) is 11.0. The van der Waals surface area contributed by atoms with E-state index in [1.54, 1.807) is 0 Å². The van der Waals surface area contributed by atoms with Gasteiger partial charge in [0, 0.05) is 42.4 Å². The Bertz CT molecular complexity index is 2960. The lowest BCUT2D eigenvalue weighted by Crippen LogP contribution is -2.00. The number of hydrogen-bond donors (Lipinski definition) is 0. The van der Waals surface area contributed by atoms with Gasteiger partial charge in [0.15, 0.2) is 17.5 Å². The van der Waals surface area contributed by atoms with Gasteiger partial charge >= 0.3 is 0 Å². The van der Waals surface area contributed by atoms with Crippen LogP contribution in [0.15, 0.2) is 164 Å². The number of aromatic nitrogens is 3. The van der Waals surface area contributed by atoms with Crippen LogP contribution in [0.2, 0.25) is 0 Å². The molecule has 0 radical (unpaired) electrons. The second-order valence-corrected chi connectivity index (χ2v) is 14.2. The van der Waals surface area contributed by atoms with Crippen LogP contribution in [0.4, 0.5) is 0 Å². The topological polar surface area (TPSA) is 38.7 Å². The van der Waals surface area contributed by atoms with E-state index in [1.165, 1.54) is 69.7 Å². The number of thiophene rings is 1. The molecular formula is C47H27N3S. The maximum absolute atomic E-state index is 5.16. The number of benzene rings is 8. The zero-order valence-corrected chi connectivity index (χ0v) is 28.2. The average Bonchev–Trinajstić information content (AvgIpc) is 3.74. The van der Waals surface area contributed by atoms with Crippen LogP contribution in [0.5, 0.6) is 0 Å². The first-order valence-corrected chi connectivity index (χ1v) is 18.0. The summed E-state index contributed by atoms with van der Waals surface area (Å²) in [6.45, 7) is 0. The number of rotatable bonds is 4. The fourth-order valence-corrected chi connectivity index (χ4v) is 9.16. The second-order valence-electron chi connectivity index (χ2n) is 13.1. The van der Waals surface area contributed by atoms with Crippen LogP contribution in [0.25, 0.3) is 109 Å². The van der Waals surface area contributed by atoms with Crippen molar-refractivity contribution in [3.8, 4) is 67.5 Å². The van der Waals surface area contributed by atoms with E-state index in [4.69, 9.17) is 15.0 Å². The molecule has 1 aliphatic rings. The van der Waals surface area contributed by atoms with Crippen LogP contribution in [-0.4, -0.2) is 15.0 Å². The van der Waals surface area contributed by atoms with Gasteiger partial charge in [0.2, 0.25) is 0 Å². The summed E-state index contributed by atoms with van der Waals surface area (Å²) in [7, 11) is 0. The Morgan fingerprint density at radius 3 is 1.65 bits per heavy atom. The van der Waals surface area contributed by atoms with E-state index in [0.29, 0.717) is 17.5 Å². The summed E-state index contributed by atoms with van der Waals surface area (Å²) >= 11 is 1.88. The van der Waals surface area contributed by atoms with Gasteiger partial charge in [0.25, 0.3) is 0 Å². The number of fused-ring (bicyclic) bond motifs is 7. The van der Waals surface area contributed by atoms with Gasteiger partial charge in [0.1, 0.15) is 0 Å². The molecule has 0 unspecified atom stereocenters. The predicted octanol–water partition coefficient (Wildman–Crippen LogP) is 12.9. The zero-order valence-electron chi connectivity index (χ0n) is 27.3. The summed E-state index contributed by atoms with van der Waals surface area (Å²) in [6, 6.07) is 58.4. The van der Waals surface area contributed by atoms with E-state index in [0.717, 1.165) is 22.1 Å². The van der Waals surface area contributed by atoms with Gasteiger partial charge in [-0.2, -0.15) is 0 Å². The summed E-state index contributed by atoms with van der Waals surface area (Å²) < 4.78 is 2.59. The molecule has 1 aliphatic carbocycles. The molecule has 10 aromatic rings. The van der Waals surface area contributed by atoms with Crippen molar-refractivity contribution in [2.24, 2.45) is 0 Å². The van der Waals surface area contributed by atoms with Crippen molar-refractivity contribution < 1.29 is 0 Å². The normalized spacial score (nSPS) is 11.9. The molecule has 0 spiro atoms. The Morgan fingerprint density at radius 2 is 0.922 bits per heavy atom. The first-order chi connectivity index (χ1) is 25.3. The summed E-state index contributed by atoms with van der Waals surface area (Å²) in [5.74, 6) is 1.96. The summed E-state index contributed by atoms with van der Waals surface area (Å²) in [4.78, 5) is 15.3. The molecule has 0 saturated heterocycles. The van der Waals surface area contributed by atoms with Gasteiger partial charge in [-0.1, -0.05) is 140 Å². The lowest BCUT2D eigenvalue weighted by molar-refractivity contribution is 1.07. The van der Waals surface area contributed by atoms with Crippen LogP contribution >= 0.6 is 11.3 Å². The molecule has 0 aliphatic heterocycles. The van der Waals surface area contributed by atoms with Crippen molar-refractivity contribution in [1.29, 1.82) is 0 Å². The van der Waals surface area contributed by atoms with Crippen molar-refractivity contribution in [2.45, 2.75) is 0 Å². The van der Waals surface area contributed by atoms with Crippen molar-refractivity contribution in [3.63, 3.8) is 0 Å². The van der Waals surface area contributed by atoms with Gasteiger partial charge < -0.3 is 0 Å². The van der Waals surface area contributed by atoms with Crippen LogP contribution in [0.1, 0.15) is 0 Å². The predicted molar refractivity (Wildman–Crippen MR) is 214 cm³/mol. The molecule has 2 heterocycles. The number of nitrogens with zero attached hydrogens (tertiary/aromatic N) is 3. The van der Waals surface area contributed by atoms with Crippen molar-refractivity contribution in [2.75, 3.05) is 0 Å². The molecule has 11 rings (SSSR count). The molecule has 8 aromatic carbocycles. The molecule has 0 fully saturated rings. The Balaban J connectivity index is 1.26. The van der Waals surface area contributed by atoms with Crippen molar-refractivity contribution >= 4 is 53.1 Å². The highest BCUT2D eigenvalue weighted by Gasteiger charge is 2.29. The molecule has 0 atom stereocenters. The van der Waals surface area contributed by atoms with Gasteiger partial charge in [0.05, 0.1) is 0 Å². The third-order valence-corrected chi connectivity index (χ3v) is 11.3. The quantitative estimate of drug-likeness (QED) is 0.188. The van der Waals surface area contributed by atoms with Crippen molar-refractivity contribution in [3.05, 3.63) is 164 Å². The molecule has 0 amide bonds. The smallest absolute Gasteiger partial charge is 0.164 e. The minimum atomic E-state index is 0.652. The van der Waals surface area contributed by atoms with E-state index < -0.39 is 0 Å².